The number of hydrogen-bond donors (Lipinski definition) is 3. The van der Waals surface area contributed by atoms with Crippen molar-refractivity contribution in [1.82, 2.24) is 5.32 Å². The molecule has 0 saturated carbocycles. The standard InChI is InChI=1S/C11H13N3O2/c12-8-1-3-9(4-2-8)14-11(16)7-5-10(15)13-6-7/h1-4,7H,5-6,12H2,(H,13,15)(H,14,16). The van der Waals surface area contributed by atoms with Crippen LogP contribution in [0.2, 0.25) is 0 Å². The summed E-state index contributed by atoms with van der Waals surface area (Å²) in [5.41, 5.74) is 6.87. The minimum atomic E-state index is -0.273. The molecule has 1 saturated heterocycles. The van der Waals surface area contributed by atoms with E-state index in [2.05, 4.69) is 10.6 Å². The maximum Gasteiger partial charge on any atom is 0.229 e. The van der Waals surface area contributed by atoms with Crippen molar-refractivity contribution in [3.05, 3.63) is 24.3 Å². The van der Waals surface area contributed by atoms with Gasteiger partial charge in [-0.05, 0) is 24.3 Å². The fourth-order valence-electron chi connectivity index (χ4n) is 1.60. The highest BCUT2D eigenvalue weighted by Crippen LogP contribution is 2.15. The zero-order chi connectivity index (χ0) is 11.5. The second kappa shape index (κ2) is 4.22. The van der Waals surface area contributed by atoms with E-state index in [0.29, 0.717) is 17.9 Å². The molecule has 1 fully saturated rings. The van der Waals surface area contributed by atoms with Gasteiger partial charge in [-0.25, -0.2) is 0 Å². The minimum Gasteiger partial charge on any atom is -0.399 e. The summed E-state index contributed by atoms with van der Waals surface area (Å²) in [7, 11) is 0. The van der Waals surface area contributed by atoms with Crippen LogP contribution in [0, 0.1) is 5.92 Å². The SMILES string of the molecule is Nc1ccc(NC(=O)C2CNC(=O)C2)cc1. The van der Waals surface area contributed by atoms with Crippen molar-refractivity contribution < 1.29 is 9.59 Å². The molecule has 2 amide bonds. The quantitative estimate of drug-likeness (QED) is 0.627. The summed E-state index contributed by atoms with van der Waals surface area (Å²) in [5.74, 6) is -0.481. The highest BCUT2D eigenvalue weighted by Gasteiger charge is 2.27. The predicted molar refractivity (Wildman–Crippen MR) is 60.6 cm³/mol. The van der Waals surface area contributed by atoms with Crippen molar-refractivity contribution in [2.45, 2.75) is 6.42 Å². The molecule has 1 aromatic rings. The van der Waals surface area contributed by atoms with Crippen LogP contribution >= 0.6 is 0 Å². The molecule has 0 bridgehead atoms. The van der Waals surface area contributed by atoms with Gasteiger partial charge in [0.2, 0.25) is 11.8 Å². The molecule has 16 heavy (non-hydrogen) atoms. The van der Waals surface area contributed by atoms with E-state index in [-0.39, 0.29) is 24.2 Å². The number of benzene rings is 1. The van der Waals surface area contributed by atoms with Gasteiger partial charge in [0.15, 0.2) is 0 Å². The van der Waals surface area contributed by atoms with Gasteiger partial charge in [-0.15, -0.1) is 0 Å². The first-order valence-electron chi connectivity index (χ1n) is 5.08. The maximum atomic E-state index is 11.7. The zero-order valence-electron chi connectivity index (χ0n) is 8.69. The van der Waals surface area contributed by atoms with Gasteiger partial charge >= 0.3 is 0 Å². The predicted octanol–water partition coefficient (Wildman–Crippen LogP) is 0.343. The van der Waals surface area contributed by atoms with Crippen molar-refractivity contribution >= 4 is 23.2 Å². The van der Waals surface area contributed by atoms with Crippen LogP contribution in [0.4, 0.5) is 11.4 Å². The second-order valence-corrected chi connectivity index (χ2v) is 3.82. The van der Waals surface area contributed by atoms with Crippen LogP contribution in [-0.4, -0.2) is 18.4 Å². The van der Waals surface area contributed by atoms with Gasteiger partial charge in [-0.3, -0.25) is 9.59 Å². The maximum absolute atomic E-state index is 11.7. The Kier molecular flexibility index (Phi) is 2.76. The minimum absolute atomic E-state index is 0.0718. The van der Waals surface area contributed by atoms with Crippen molar-refractivity contribution in [2.75, 3.05) is 17.6 Å². The Labute approximate surface area is 93.0 Å². The van der Waals surface area contributed by atoms with Gasteiger partial charge in [-0.2, -0.15) is 0 Å². The van der Waals surface area contributed by atoms with Gasteiger partial charge in [0, 0.05) is 24.3 Å². The number of nitrogens with one attached hydrogen (secondary N) is 2. The molecule has 84 valence electrons. The molecule has 0 radical (unpaired) electrons. The smallest absolute Gasteiger partial charge is 0.229 e. The highest BCUT2D eigenvalue weighted by molar-refractivity contribution is 5.97. The summed E-state index contributed by atoms with van der Waals surface area (Å²) in [5, 5.41) is 5.37. The Hall–Kier alpha value is -2.04. The number of nitrogens with two attached hydrogens (primary N) is 1. The molecular formula is C11H13N3O2. The van der Waals surface area contributed by atoms with Crippen LogP contribution in [0.5, 0.6) is 0 Å². The molecule has 0 aliphatic carbocycles. The molecule has 5 nitrogen and oxygen atoms in total. The number of carbonyl (C=O) groups excluding carboxylic acids is 2. The largest absolute Gasteiger partial charge is 0.399 e. The average molecular weight is 219 g/mol. The lowest BCUT2D eigenvalue weighted by molar-refractivity contribution is -0.123. The van der Waals surface area contributed by atoms with Gasteiger partial charge in [0.05, 0.1) is 5.92 Å². The number of rotatable bonds is 2. The topological polar surface area (TPSA) is 84.2 Å². The Morgan fingerprint density at radius 2 is 2.06 bits per heavy atom. The van der Waals surface area contributed by atoms with E-state index < -0.39 is 0 Å². The molecule has 1 aliphatic rings. The van der Waals surface area contributed by atoms with Crippen LogP contribution in [0.15, 0.2) is 24.3 Å². The summed E-state index contributed by atoms with van der Waals surface area (Å²) in [6, 6.07) is 6.90. The lowest BCUT2D eigenvalue weighted by atomic mass is 10.1. The first kappa shape index (κ1) is 10.5. The Morgan fingerprint density at radius 3 is 2.62 bits per heavy atom. The Morgan fingerprint density at radius 1 is 1.38 bits per heavy atom. The summed E-state index contributed by atoms with van der Waals surface area (Å²) >= 11 is 0. The lowest BCUT2D eigenvalue weighted by Crippen LogP contribution is -2.24. The first-order chi connectivity index (χ1) is 7.65. The molecule has 0 aromatic heterocycles. The summed E-state index contributed by atoms with van der Waals surface area (Å²) in [4.78, 5) is 22.7. The molecule has 4 N–H and O–H groups in total. The second-order valence-electron chi connectivity index (χ2n) is 3.82. The monoisotopic (exact) mass is 219 g/mol. The van der Waals surface area contributed by atoms with E-state index >= 15 is 0 Å². The van der Waals surface area contributed by atoms with Crippen LogP contribution in [0.25, 0.3) is 0 Å². The van der Waals surface area contributed by atoms with Crippen LogP contribution in [-0.2, 0) is 9.59 Å². The van der Waals surface area contributed by atoms with Crippen LogP contribution in [0.3, 0.4) is 0 Å². The number of carbonyl (C=O) groups is 2. The number of nitrogen functional groups attached to an aromatic ring is 1. The first-order valence-corrected chi connectivity index (χ1v) is 5.08. The van der Waals surface area contributed by atoms with Crippen molar-refractivity contribution in [1.29, 1.82) is 0 Å². The Balaban J connectivity index is 1.97. The third-order valence-electron chi connectivity index (χ3n) is 2.53. The fourth-order valence-corrected chi connectivity index (χ4v) is 1.60. The van der Waals surface area contributed by atoms with Crippen LogP contribution in [0.1, 0.15) is 6.42 Å². The molecule has 1 atom stereocenters. The number of hydrogen-bond acceptors (Lipinski definition) is 3. The van der Waals surface area contributed by atoms with Gasteiger partial charge in [0.25, 0.3) is 0 Å². The molecule has 5 heteroatoms. The van der Waals surface area contributed by atoms with E-state index in [0.717, 1.165) is 0 Å². The molecular weight excluding hydrogens is 206 g/mol. The average Bonchev–Trinajstić information content (AvgIpc) is 2.68. The zero-order valence-corrected chi connectivity index (χ0v) is 8.69. The van der Waals surface area contributed by atoms with Crippen LogP contribution < -0.4 is 16.4 Å². The lowest BCUT2D eigenvalue weighted by Gasteiger charge is -2.08. The molecule has 1 aromatic carbocycles. The molecule has 2 rings (SSSR count). The van der Waals surface area contributed by atoms with E-state index in [1.165, 1.54) is 0 Å². The van der Waals surface area contributed by atoms with Gasteiger partial charge in [-0.1, -0.05) is 0 Å². The summed E-state index contributed by atoms with van der Waals surface area (Å²) in [6.45, 7) is 0.416. The number of amides is 2. The molecule has 1 heterocycles. The normalized spacial score (nSPS) is 19.2. The number of anilines is 2. The fraction of sp³-hybridized carbons (Fsp3) is 0.273. The van der Waals surface area contributed by atoms with E-state index in [4.69, 9.17) is 5.73 Å². The van der Waals surface area contributed by atoms with Gasteiger partial charge < -0.3 is 16.4 Å². The van der Waals surface area contributed by atoms with Crippen molar-refractivity contribution in [2.24, 2.45) is 5.92 Å². The van der Waals surface area contributed by atoms with E-state index in [1.807, 2.05) is 0 Å². The molecule has 1 unspecified atom stereocenters. The van der Waals surface area contributed by atoms with Crippen molar-refractivity contribution in [3.8, 4) is 0 Å². The van der Waals surface area contributed by atoms with E-state index in [9.17, 15) is 9.59 Å². The van der Waals surface area contributed by atoms with Crippen molar-refractivity contribution in [3.63, 3.8) is 0 Å². The summed E-state index contributed by atoms with van der Waals surface area (Å²) < 4.78 is 0. The third-order valence-corrected chi connectivity index (χ3v) is 2.53. The molecule has 1 aliphatic heterocycles. The van der Waals surface area contributed by atoms with E-state index in [1.54, 1.807) is 24.3 Å². The highest BCUT2D eigenvalue weighted by atomic mass is 16.2. The molecule has 0 spiro atoms. The van der Waals surface area contributed by atoms with Gasteiger partial charge in [0.1, 0.15) is 0 Å². The third kappa shape index (κ3) is 2.31. The Bertz CT molecular complexity index is 414. The summed E-state index contributed by atoms with van der Waals surface area (Å²) in [6.07, 6.45) is 0.265.